The van der Waals surface area contributed by atoms with Crippen molar-refractivity contribution in [2.24, 2.45) is 5.73 Å². The van der Waals surface area contributed by atoms with Crippen LogP contribution in [0.2, 0.25) is 0 Å². The third kappa shape index (κ3) is 5.18. The maximum Gasteiger partial charge on any atom is 0.234 e. The van der Waals surface area contributed by atoms with Crippen molar-refractivity contribution >= 4 is 56.5 Å². The van der Waals surface area contributed by atoms with Gasteiger partial charge in [-0.15, -0.1) is 21.5 Å². The number of aromatic nitrogens is 3. The Morgan fingerprint density at radius 3 is 2.74 bits per heavy atom. The summed E-state index contributed by atoms with van der Waals surface area (Å²) in [5, 5.41) is 13.8. The fraction of sp³-hybridized carbons (Fsp3) is 0.176. The first-order valence-electron chi connectivity index (χ1n) is 7.97. The van der Waals surface area contributed by atoms with E-state index in [1.807, 2.05) is 46.3 Å². The van der Waals surface area contributed by atoms with Gasteiger partial charge in [0.25, 0.3) is 0 Å². The molecule has 2 heterocycles. The van der Waals surface area contributed by atoms with Crippen molar-refractivity contribution in [3.63, 3.8) is 0 Å². The molecule has 0 saturated heterocycles. The number of primary amides is 1. The molecule has 140 valence electrons. The van der Waals surface area contributed by atoms with E-state index in [4.69, 9.17) is 5.73 Å². The molecule has 0 unspecified atom stereocenters. The molecule has 0 saturated carbocycles. The molecule has 0 radical (unpaired) electrons. The predicted octanol–water partition coefficient (Wildman–Crippen LogP) is 3.38. The number of thioether (sulfide) groups is 1. The zero-order valence-corrected chi connectivity index (χ0v) is 17.3. The maximum atomic E-state index is 12.3. The predicted molar refractivity (Wildman–Crippen MR) is 111 cm³/mol. The molecule has 0 atom stereocenters. The number of benzene rings is 1. The second kappa shape index (κ2) is 9.16. The Morgan fingerprint density at radius 2 is 2.04 bits per heavy atom. The van der Waals surface area contributed by atoms with Crippen LogP contribution in [0.1, 0.15) is 6.42 Å². The number of carbonyl (C=O) groups is 2. The fourth-order valence-electron chi connectivity index (χ4n) is 2.29. The summed E-state index contributed by atoms with van der Waals surface area (Å²) in [6, 6.07) is 11.3. The number of rotatable bonds is 8. The van der Waals surface area contributed by atoms with Gasteiger partial charge in [0, 0.05) is 17.4 Å². The average molecular weight is 466 g/mol. The van der Waals surface area contributed by atoms with Gasteiger partial charge in [-0.3, -0.25) is 9.59 Å². The van der Waals surface area contributed by atoms with Gasteiger partial charge >= 0.3 is 0 Å². The second-order valence-electron chi connectivity index (χ2n) is 5.47. The lowest BCUT2D eigenvalue weighted by Crippen LogP contribution is -2.16. The third-order valence-corrected chi connectivity index (χ3v) is 6.04. The van der Waals surface area contributed by atoms with Crippen molar-refractivity contribution in [2.45, 2.75) is 18.1 Å². The Balaban J connectivity index is 1.71. The summed E-state index contributed by atoms with van der Waals surface area (Å²) < 4.78 is 2.64. The summed E-state index contributed by atoms with van der Waals surface area (Å²) in [5.41, 5.74) is 5.99. The highest BCUT2D eigenvalue weighted by Crippen LogP contribution is 2.28. The van der Waals surface area contributed by atoms with Gasteiger partial charge in [0.2, 0.25) is 11.8 Å². The van der Waals surface area contributed by atoms with Crippen molar-refractivity contribution in [3.8, 4) is 10.7 Å². The molecular formula is C17H16BrN5O2S2. The quantitative estimate of drug-likeness (QED) is 0.496. The van der Waals surface area contributed by atoms with Gasteiger partial charge in [-0.1, -0.05) is 30.0 Å². The smallest absolute Gasteiger partial charge is 0.234 e. The number of thiophene rings is 1. The molecule has 1 aromatic carbocycles. The Kier molecular flexibility index (Phi) is 6.64. The first-order chi connectivity index (χ1) is 13.0. The van der Waals surface area contributed by atoms with Gasteiger partial charge in [-0.2, -0.15) is 0 Å². The highest BCUT2D eigenvalue weighted by molar-refractivity contribution is 9.10. The van der Waals surface area contributed by atoms with Crippen LogP contribution in [0.15, 0.2) is 51.4 Å². The number of nitrogens with one attached hydrogen (secondary N) is 1. The molecule has 3 rings (SSSR count). The lowest BCUT2D eigenvalue weighted by molar-refractivity contribution is -0.118. The summed E-state index contributed by atoms with van der Waals surface area (Å²) in [7, 11) is 0. The molecule has 7 nitrogen and oxygen atoms in total. The largest absolute Gasteiger partial charge is 0.370 e. The van der Waals surface area contributed by atoms with Crippen LogP contribution in [-0.2, 0) is 16.1 Å². The molecule has 2 aromatic heterocycles. The molecule has 0 aliphatic carbocycles. The molecule has 0 fully saturated rings. The molecular weight excluding hydrogens is 450 g/mol. The minimum atomic E-state index is -0.400. The summed E-state index contributed by atoms with van der Waals surface area (Å²) >= 11 is 6.20. The van der Waals surface area contributed by atoms with Crippen molar-refractivity contribution in [3.05, 3.63) is 46.3 Å². The summed E-state index contributed by atoms with van der Waals surface area (Å²) in [6.07, 6.45) is 0.174. The van der Waals surface area contributed by atoms with Crippen molar-refractivity contribution in [1.82, 2.24) is 14.8 Å². The van der Waals surface area contributed by atoms with Crippen LogP contribution in [0.3, 0.4) is 0 Å². The minimum Gasteiger partial charge on any atom is -0.370 e. The summed E-state index contributed by atoms with van der Waals surface area (Å²) in [6.45, 7) is 0.365. The second-order valence-corrected chi connectivity index (χ2v) is 8.21. The standard InChI is InChI=1S/C17H16BrN5O2S2/c18-11-4-1-2-5-12(11)20-15(25)10-27-17-22-21-16(13-6-3-9-26-13)23(17)8-7-14(19)24/h1-6,9H,7-8,10H2,(H2,19,24)(H,20,25). The van der Waals surface area contributed by atoms with Crippen molar-refractivity contribution in [1.29, 1.82) is 0 Å². The molecule has 0 aliphatic rings. The van der Waals surface area contributed by atoms with Crippen LogP contribution >= 0.6 is 39.0 Å². The molecule has 2 amide bonds. The van der Waals surface area contributed by atoms with E-state index in [9.17, 15) is 9.59 Å². The third-order valence-electron chi connectivity index (χ3n) is 3.52. The van der Waals surface area contributed by atoms with Gasteiger partial charge in [0.1, 0.15) is 0 Å². The van der Waals surface area contributed by atoms with Crippen molar-refractivity contribution in [2.75, 3.05) is 11.1 Å². The molecule has 0 spiro atoms. The van der Waals surface area contributed by atoms with E-state index >= 15 is 0 Å². The van der Waals surface area contributed by atoms with Crippen LogP contribution in [0.4, 0.5) is 5.69 Å². The van der Waals surface area contributed by atoms with Gasteiger partial charge in [-0.05, 0) is 39.5 Å². The highest BCUT2D eigenvalue weighted by atomic mass is 79.9. The van der Waals surface area contributed by atoms with E-state index in [-0.39, 0.29) is 18.1 Å². The van der Waals surface area contributed by atoms with Gasteiger partial charge in [0.15, 0.2) is 11.0 Å². The summed E-state index contributed by atoms with van der Waals surface area (Å²) in [5.74, 6) is 0.276. The Hall–Kier alpha value is -2.17. The van der Waals surface area contributed by atoms with Crippen LogP contribution in [0.5, 0.6) is 0 Å². The Bertz CT molecular complexity index is 943. The lowest BCUT2D eigenvalue weighted by atomic mass is 10.3. The van der Waals surface area contributed by atoms with Crippen LogP contribution < -0.4 is 11.1 Å². The monoisotopic (exact) mass is 465 g/mol. The van der Waals surface area contributed by atoms with E-state index in [1.54, 1.807) is 0 Å². The minimum absolute atomic E-state index is 0.158. The number of halogens is 1. The number of anilines is 1. The fourth-order valence-corrected chi connectivity index (χ4v) is 4.15. The number of hydrogen-bond acceptors (Lipinski definition) is 6. The number of hydrogen-bond donors (Lipinski definition) is 2. The van der Waals surface area contributed by atoms with Gasteiger partial charge in [-0.25, -0.2) is 0 Å². The SMILES string of the molecule is NC(=O)CCn1c(SCC(=O)Nc2ccccc2Br)nnc1-c1cccs1. The number of para-hydroxylation sites is 1. The molecule has 10 heteroatoms. The van der Waals surface area contributed by atoms with Crippen molar-refractivity contribution < 1.29 is 9.59 Å². The number of amides is 2. The number of carbonyl (C=O) groups excluding carboxylic acids is 2. The zero-order chi connectivity index (χ0) is 19.2. The van der Waals surface area contributed by atoms with E-state index < -0.39 is 5.91 Å². The molecule has 3 aromatic rings. The Labute approximate surface area is 172 Å². The van der Waals surface area contributed by atoms with E-state index in [2.05, 4.69) is 31.4 Å². The molecule has 0 bridgehead atoms. The van der Waals surface area contributed by atoms with E-state index in [0.29, 0.717) is 23.2 Å². The van der Waals surface area contributed by atoms with Crippen LogP contribution in [0.25, 0.3) is 10.7 Å². The number of nitrogens with zero attached hydrogens (tertiary/aromatic N) is 3. The van der Waals surface area contributed by atoms with Gasteiger partial charge in [0.05, 0.1) is 16.3 Å². The summed E-state index contributed by atoms with van der Waals surface area (Å²) in [4.78, 5) is 24.4. The Morgan fingerprint density at radius 1 is 1.22 bits per heavy atom. The molecule has 0 aliphatic heterocycles. The topological polar surface area (TPSA) is 103 Å². The lowest BCUT2D eigenvalue weighted by Gasteiger charge is -2.09. The zero-order valence-electron chi connectivity index (χ0n) is 14.1. The number of nitrogens with two attached hydrogens (primary N) is 1. The van der Waals surface area contributed by atoms with Crippen LogP contribution in [0, 0.1) is 0 Å². The van der Waals surface area contributed by atoms with E-state index in [0.717, 1.165) is 9.35 Å². The first-order valence-corrected chi connectivity index (χ1v) is 10.6. The maximum absolute atomic E-state index is 12.3. The average Bonchev–Trinajstić information content (AvgIpc) is 3.29. The molecule has 3 N–H and O–H groups in total. The first kappa shape index (κ1) is 19.6. The van der Waals surface area contributed by atoms with E-state index in [1.165, 1.54) is 23.1 Å². The normalized spacial score (nSPS) is 10.7. The van der Waals surface area contributed by atoms with Crippen LogP contribution in [-0.4, -0.2) is 32.3 Å². The highest BCUT2D eigenvalue weighted by Gasteiger charge is 2.17. The molecule has 27 heavy (non-hydrogen) atoms. The van der Waals surface area contributed by atoms with Gasteiger partial charge < -0.3 is 15.6 Å².